The Balaban J connectivity index is 1.44. The fourth-order valence-electron chi connectivity index (χ4n) is 3.88. The van der Waals surface area contributed by atoms with E-state index in [-0.39, 0.29) is 5.91 Å². The molecule has 0 radical (unpaired) electrons. The average Bonchev–Trinajstić information content (AvgIpc) is 3.25. The van der Waals surface area contributed by atoms with E-state index in [4.69, 9.17) is 14.2 Å². The first kappa shape index (κ1) is 21.1. The van der Waals surface area contributed by atoms with Gasteiger partial charge in [0.2, 0.25) is 0 Å². The minimum absolute atomic E-state index is 0.0765. The van der Waals surface area contributed by atoms with Crippen LogP contribution in [0.2, 0.25) is 0 Å². The minimum atomic E-state index is -0.0765. The van der Waals surface area contributed by atoms with E-state index < -0.39 is 0 Å². The SMILES string of the molecule is COc1ccc(OC)c(-n2cnc3cc(C(=O)NCCC[NH+]4CCOCC4)ccc32)c1. The van der Waals surface area contributed by atoms with Gasteiger partial charge in [-0.1, -0.05) is 0 Å². The Hall–Kier alpha value is -3.10. The van der Waals surface area contributed by atoms with Crippen LogP contribution in [-0.4, -0.2) is 69.1 Å². The second-order valence-electron chi connectivity index (χ2n) is 7.58. The van der Waals surface area contributed by atoms with Crippen molar-refractivity contribution in [2.45, 2.75) is 6.42 Å². The van der Waals surface area contributed by atoms with E-state index in [0.717, 1.165) is 61.7 Å². The molecule has 1 aliphatic rings. The maximum atomic E-state index is 12.6. The molecule has 2 aromatic carbocycles. The maximum Gasteiger partial charge on any atom is 0.251 e. The number of morpholine rings is 1. The van der Waals surface area contributed by atoms with E-state index in [2.05, 4.69) is 10.3 Å². The molecular weight excluding hydrogens is 396 g/mol. The number of aromatic nitrogens is 2. The Morgan fingerprint density at radius 3 is 2.77 bits per heavy atom. The number of carbonyl (C=O) groups is 1. The van der Waals surface area contributed by atoms with Crippen LogP contribution in [0.1, 0.15) is 16.8 Å². The number of imidazole rings is 1. The predicted molar refractivity (Wildman–Crippen MR) is 118 cm³/mol. The molecule has 1 aromatic heterocycles. The lowest BCUT2D eigenvalue weighted by molar-refractivity contribution is -0.908. The third-order valence-corrected chi connectivity index (χ3v) is 5.65. The lowest BCUT2D eigenvalue weighted by Crippen LogP contribution is -3.14. The number of quaternary nitrogens is 1. The normalized spacial score (nSPS) is 14.5. The topological polar surface area (TPSA) is 79.0 Å². The molecule has 31 heavy (non-hydrogen) atoms. The molecule has 1 saturated heterocycles. The molecule has 0 saturated carbocycles. The van der Waals surface area contributed by atoms with E-state index in [1.165, 1.54) is 0 Å². The summed E-state index contributed by atoms with van der Waals surface area (Å²) in [6.45, 7) is 5.47. The van der Waals surface area contributed by atoms with Gasteiger partial charge in [-0.05, 0) is 30.3 Å². The number of hydrogen-bond acceptors (Lipinski definition) is 5. The Morgan fingerprint density at radius 1 is 1.16 bits per heavy atom. The summed E-state index contributed by atoms with van der Waals surface area (Å²) in [4.78, 5) is 18.6. The van der Waals surface area contributed by atoms with Crippen molar-refractivity contribution >= 4 is 16.9 Å². The van der Waals surface area contributed by atoms with E-state index in [0.29, 0.717) is 17.9 Å². The first-order valence-electron chi connectivity index (χ1n) is 10.6. The van der Waals surface area contributed by atoms with Crippen LogP contribution in [0.5, 0.6) is 11.5 Å². The maximum absolute atomic E-state index is 12.6. The summed E-state index contributed by atoms with van der Waals surface area (Å²) in [7, 11) is 3.26. The fraction of sp³-hybridized carbons (Fsp3) is 0.391. The van der Waals surface area contributed by atoms with Gasteiger partial charge in [0.05, 0.1) is 50.7 Å². The Labute approximate surface area is 181 Å². The Morgan fingerprint density at radius 2 is 2.00 bits per heavy atom. The standard InChI is InChI=1S/C23H28N4O4/c1-29-18-5-7-22(30-2)21(15-18)27-16-25-19-14-17(4-6-20(19)27)23(28)24-8-3-9-26-10-12-31-13-11-26/h4-7,14-16H,3,8-13H2,1-2H3,(H,24,28)/p+1. The van der Waals surface area contributed by atoms with E-state index in [9.17, 15) is 4.79 Å². The molecule has 0 atom stereocenters. The summed E-state index contributed by atoms with van der Waals surface area (Å²) < 4.78 is 18.2. The number of carbonyl (C=O) groups excluding carboxylic acids is 1. The van der Waals surface area contributed by atoms with E-state index in [1.54, 1.807) is 25.4 Å². The average molecular weight is 426 g/mol. The summed E-state index contributed by atoms with van der Waals surface area (Å²) in [6.07, 6.45) is 2.68. The van der Waals surface area contributed by atoms with Gasteiger partial charge in [0.1, 0.15) is 30.9 Å². The number of ether oxygens (including phenoxy) is 3. The van der Waals surface area contributed by atoms with Crippen LogP contribution in [0.3, 0.4) is 0 Å². The van der Waals surface area contributed by atoms with Crippen molar-refractivity contribution in [1.82, 2.24) is 14.9 Å². The summed E-state index contributed by atoms with van der Waals surface area (Å²) >= 11 is 0. The monoisotopic (exact) mass is 425 g/mol. The molecular formula is C23H29N4O4+. The molecule has 0 bridgehead atoms. The number of benzene rings is 2. The summed E-state index contributed by atoms with van der Waals surface area (Å²) in [5, 5.41) is 3.02. The van der Waals surface area contributed by atoms with Gasteiger partial charge >= 0.3 is 0 Å². The van der Waals surface area contributed by atoms with E-state index in [1.807, 2.05) is 41.0 Å². The number of methoxy groups -OCH3 is 2. The zero-order chi connectivity index (χ0) is 21.6. The molecule has 0 aliphatic carbocycles. The quantitative estimate of drug-likeness (QED) is 0.528. The van der Waals surface area contributed by atoms with Crippen LogP contribution in [0, 0.1) is 0 Å². The highest BCUT2D eigenvalue weighted by Gasteiger charge is 2.15. The molecule has 0 unspecified atom stereocenters. The molecule has 4 rings (SSSR count). The predicted octanol–water partition coefficient (Wildman–Crippen LogP) is 1.08. The van der Waals surface area contributed by atoms with Gasteiger partial charge in [-0.25, -0.2) is 4.98 Å². The first-order chi connectivity index (χ1) is 15.2. The van der Waals surface area contributed by atoms with Gasteiger partial charge in [0, 0.05) is 24.6 Å². The van der Waals surface area contributed by atoms with Gasteiger partial charge in [0.25, 0.3) is 5.91 Å². The largest absolute Gasteiger partial charge is 0.497 e. The molecule has 2 N–H and O–H groups in total. The number of hydrogen-bond donors (Lipinski definition) is 2. The molecule has 1 amide bonds. The van der Waals surface area contributed by atoms with Crippen molar-refractivity contribution in [2.24, 2.45) is 0 Å². The summed E-state index contributed by atoms with van der Waals surface area (Å²) in [5.74, 6) is 1.37. The van der Waals surface area contributed by atoms with Crippen LogP contribution >= 0.6 is 0 Å². The van der Waals surface area contributed by atoms with Crippen molar-refractivity contribution in [3.63, 3.8) is 0 Å². The van der Waals surface area contributed by atoms with Gasteiger partial charge in [0.15, 0.2) is 0 Å². The van der Waals surface area contributed by atoms with Crippen molar-refractivity contribution in [3.8, 4) is 17.2 Å². The molecule has 0 spiro atoms. The van der Waals surface area contributed by atoms with Crippen molar-refractivity contribution in [1.29, 1.82) is 0 Å². The molecule has 1 aliphatic heterocycles. The molecule has 2 heterocycles. The van der Waals surface area contributed by atoms with Crippen molar-refractivity contribution in [2.75, 3.05) is 53.6 Å². The summed E-state index contributed by atoms with van der Waals surface area (Å²) in [5.41, 5.74) is 3.07. The molecule has 8 nitrogen and oxygen atoms in total. The second-order valence-corrected chi connectivity index (χ2v) is 7.58. The lowest BCUT2D eigenvalue weighted by atomic mass is 10.1. The number of nitrogens with one attached hydrogen (secondary N) is 2. The number of amides is 1. The molecule has 1 fully saturated rings. The van der Waals surface area contributed by atoms with Crippen LogP contribution < -0.4 is 19.7 Å². The third-order valence-electron chi connectivity index (χ3n) is 5.65. The minimum Gasteiger partial charge on any atom is -0.497 e. The Bertz CT molecular complexity index is 1040. The lowest BCUT2D eigenvalue weighted by Gasteiger charge is -2.23. The summed E-state index contributed by atoms with van der Waals surface area (Å²) in [6, 6.07) is 11.2. The number of rotatable bonds is 8. The fourth-order valence-corrected chi connectivity index (χ4v) is 3.88. The van der Waals surface area contributed by atoms with Gasteiger partial charge in [-0.15, -0.1) is 0 Å². The van der Waals surface area contributed by atoms with Crippen molar-refractivity contribution < 1.29 is 23.9 Å². The van der Waals surface area contributed by atoms with Gasteiger partial charge in [-0.3, -0.25) is 9.36 Å². The second kappa shape index (κ2) is 9.80. The number of fused-ring (bicyclic) bond motifs is 1. The zero-order valence-corrected chi connectivity index (χ0v) is 18.0. The Kier molecular flexibility index (Phi) is 6.69. The van der Waals surface area contributed by atoms with E-state index >= 15 is 0 Å². The van der Waals surface area contributed by atoms with Crippen LogP contribution in [0.15, 0.2) is 42.7 Å². The number of nitrogens with zero attached hydrogens (tertiary/aromatic N) is 2. The van der Waals surface area contributed by atoms with Crippen LogP contribution in [-0.2, 0) is 4.74 Å². The highest BCUT2D eigenvalue weighted by molar-refractivity contribution is 5.97. The van der Waals surface area contributed by atoms with Gasteiger partial charge in [-0.2, -0.15) is 0 Å². The molecule has 8 heteroatoms. The first-order valence-corrected chi connectivity index (χ1v) is 10.6. The van der Waals surface area contributed by atoms with Crippen molar-refractivity contribution in [3.05, 3.63) is 48.3 Å². The zero-order valence-electron chi connectivity index (χ0n) is 18.0. The highest BCUT2D eigenvalue weighted by atomic mass is 16.5. The van der Waals surface area contributed by atoms with Crippen LogP contribution in [0.4, 0.5) is 0 Å². The molecule has 164 valence electrons. The van der Waals surface area contributed by atoms with Gasteiger partial charge < -0.3 is 24.4 Å². The molecule has 3 aromatic rings. The highest BCUT2D eigenvalue weighted by Crippen LogP contribution is 2.30. The third kappa shape index (κ3) is 4.81. The van der Waals surface area contributed by atoms with Crippen LogP contribution in [0.25, 0.3) is 16.7 Å². The smallest absolute Gasteiger partial charge is 0.251 e.